The highest BCUT2D eigenvalue weighted by molar-refractivity contribution is 5.74. The van der Waals surface area contributed by atoms with Gasteiger partial charge in [-0.2, -0.15) is 15.3 Å². The molecular formula is C21H29N9O3. The van der Waals surface area contributed by atoms with Crippen LogP contribution in [0.2, 0.25) is 0 Å². The predicted octanol–water partition coefficient (Wildman–Crippen LogP) is 3.06. The molecule has 4 aromatic rings. The average Bonchev–Trinajstić information content (AvgIpc) is 3.55. The molecule has 0 saturated carbocycles. The van der Waals surface area contributed by atoms with Gasteiger partial charge in [0.15, 0.2) is 5.82 Å². The van der Waals surface area contributed by atoms with Crippen molar-refractivity contribution in [3.63, 3.8) is 0 Å². The Morgan fingerprint density at radius 3 is 2.48 bits per heavy atom. The van der Waals surface area contributed by atoms with Gasteiger partial charge in [-0.1, -0.05) is 0 Å². The molecule has 1 amide bonds. The minimum absolute atomic E-state index is 0.0255. The number of hydrogen-bond donors (Lipinski definition) is 4. The molecule has 0 bridgehead atoms. The fourth-order valence-corrected chi connectivity index (χ4v) is 2.92. The number of carbonyl (C=O) groups is 1. The van der Waals surface area contributed by atoms with Gasteiger partial charge < -0.3 is 20.5 Å². The highest BCUT2D eigenvalue weighted by Gasteiger charge is 2.10. The molecule has 5 rings (SSSR count). The van der Waals surface area contributed by atoms with Crippen molar-refractivity contribution in [3.8, 4) is 11.3 Å². The topological polar surface area (TPSA) is 147 Å². The minimum Gasteiger partial charge on any atom is -0.465 e. The molecule has 4 N–H and O–H groups in total. The summed E-state index contributed by atoms with van der Waals surface area (Å²) >= 11 is 0. The lowest BCUT2D eigenvalue weighted by molar-refractivity contribution is 0.191. The average molecular weight is 456 g/mol. The Labute approximate surface area is 191 Å². The Morgan fingerprint density at radius 2 is 1.97 bits per heavy atom. The quantitative estimate of drug-likeness (QED) is 0.367. The van der Waals surface area contributed by atoms with E-state index in [0.717, 1.165) is 35.8 Å². The predicted molar refractivity (Wildman–Crippen MR) is 123 cm³/mol. The molecule has 1 fully saturated rings. The molecule has 0 aliphatic carbocycles. The van der Waals surface area contributed by atoms with Crippen LogP contribution >= 0.6 is 0 Å². The highest BCUT2D eigenvalue weighted by Crippen LogP contribution is 2.23. The smallest absolute Gasteiger partial charge is 0.404 e. The van der Waals surface area contributed by atoms with Crippen molar-refractivity contribution in [2.45, 2.75) is 32.7 Å². The summed E-state index contributed by atoms with van der Waals surface area (Å²) < 4.78 is 8.47. The molecule has 0 aromatic carbocycles. The molecule has 33 heavy (non-hydrogen) atoms. The zero-order valence-electron chi connectivity index (χ0n) is 18.9. The van der Waals surface area contributed by atoms with E-state index in [4.69, 9.17) is 9.84 Å². The fraction of sp³-hybridized carbons (Fsp3) is 0.381. The number of nitrogens with zero attached hydrogens (tertiary/aromatic N) is 6. The van der Waals surface area contributed by atoms with Gasteiger partial charge in [-0.3, -0.25) is 9.78 Å². The summed E-state index contributed by atoms with van der Waals surface area (Å²) in [5, 5.41) is 28.6. The van der Waals surface area contributed by atoms with E-state index >= 15 is 0 Å². The molecule has 0 unspecified atom stereocenters. The van der Waals surface area contributed by atoms with Gasteiger partial charge in [-0.25, -0.2) is 14.3 Å². The second-order valence-electron chi connectivity index (χ2n) is 7.56. The lowest BCUT2D eigenvalue weighted by atomic mass is 10.2. The number of nitrogens with one attached hydrogen (secondary N) is 3. The largest absolute Gasteiger partial charge is 0.465 e. The SMILES string of the molecule is C1CCOC1.CC(C)NC(=O)O.Cn1cc(-c2cn3nccc3c(Nc3ccn[nH]3)n2)cn1. The summed E-state index contributed by atoms with van der Waals surface area (Å²) in [5.74, 6) is 1.48. The molecule has 0 atom stereocenters. The molecule has 4 aromatic heterocycles. The molecule has 1 aliphatic heterocycles. The van der Waals surface area contributed by atoms with E-state index in [2.05, 4.69) is 36.0 Å². The third-order valence-corrected chi connectivity index (χ3v) is 4.38. The van der Waals surface area contributed by atoms with Crippen LogP contribution in [-0.2, 0) is 11.8 Å². The van der Waals surface area contributed by atoms with E-state index in [0.29, 0.717) is 5.82 Å². The number of hydrogen-bond acceptors (Lipinski definition) is 7. The third-order valence-electron chi connectivity index (χ3n) is 4.38. The van der Waals surface area contributed by atoms with Crippen LogP contribution in [0, 0.1) is 0 Å². The van der Waals surface area contributed by atoms with Crippen LogP contribution in [0.25, 0.3) is 16.8 Å². The van der Waals surface area contributed by atoms with Crippen LogP contribution in [0.15, 0.2) is 43.1 Å². The number of aromatic nitrogens is 7. The van der Waals surface area contributed by atoms with E-state index in [1.807, 2.05) is 31.6 Å². The van der Waals surface area contributed by atoms with Crippen LogP contribution in [0.4, 0.5) is 16.4 Å². The zero-order valence-corrected chi connectivity index (χ0v) is 18.9. The summed E-state index contributed by atoms with van der Waals surface area (Å²) in [6.45, 7) is 5.54. The lowest BCUT2D eigenvalue weighted by Crippen LogP contribution is -2.27. The van der Waals surface area contributed by atoms with Crippen molar-refractivity contribution in [2.24, 2.45) is 7.05 Å². The molecule has 12 heteroatoms. The first-order valence-corrected chi connectivity index (χ1v) is 10.6. The maximum Gasteiger partial charge on any atom is 0.404 e. The van der Waals surface area contributed by atoms with Crippen molar-refractivity contribution in [1.82, 2.24) is 39.9 Å². The molecule has 12 nitrogen and oxygen atoms in total. The van der Waals surface area contributed by atoms with Gasteiger partial charge in [0.1, 0.15) is 11.3 Å². The number of H-pyrrole nitrogens is 1. The fourth-order valence-electron chi connectivity index (χ4n) is 2.92. The molecule has 1 saturated heterocycles. The molecular weight excluding hydrogens is 426 g/mol. The number of carboxylic acid groups (broad SMARTS) is 1. The van der Waals surface area contributed by atoms with Crippen molar-refractivity contribution in [1.29, 1.82) is 0 Å². The number of aryl methyl sites for hydroxylation is 1. The first-order valence-electron chi connectivity index (χ1n) is 10.6. The Bertz CT molecular complexity index is 1120. The summed E-state index contributed by atoms with van der Waals surface area (Å²) in [4.78, 5) is 14.4. The molecule has 0 radical (unpaired) electrons. The van der Waals surface area contributed by atoms with E-state index in [9.17, 15) is 4.79 Å². The number of ether oxygens (including phenoxy) is 1. The maximum absolute atomic E-state index is 9.70. The van der Waals surface area contributed by atoms with Crippen molar-refractivity contribution < 1.29 is 14.6 Å². The van der Waals surface area contributed by atoms with Gasteiger partial charge in [-0.15, -0.1) is 0 Å². The zero-order chi connectivity index (χ0) is 23.6. The first-order chi connectivity index (χ1) is 15.9. The number of aromatic amines is 1. The van der Waals surface area contributed by atoms with Crippen molar-refractivity contribution in [3.05, 3.63) is 43.1 Å². The van der Waals surface area contributed by atoms with E-state index in [1.54, 1.807) is 41.6 Å². The van der Waals surface area contributed by atoms with Crippen LogP contribution in [0.1, 0.15) is 26.7 Å². The number of rotatable bonds is 4. The first kappa shape index (κ1) is 23.7. The van der Waals surface area contributed by atoms with Crippen LogP contribution in [0.5, 0.6) is 0 Å². The monoisotopic (exact) mass is 455 g/mol. The van der Waals surface area contributed by atoms with Gasteiger partial charge >= 0.3 is 6.09 Å². The minimum atomic E-state index is -0.963. The van der Waals surface area contributed by atoms with E-state index < -0.39 is 6.09 Å². The Morgan fingerprint density at radius 1 is 1.18 bits per heavy atom. The highest BCUT2D eigenvalue weighted by atomic mass is 16.5. The second-order valence-corrected chi connectivity index (χ2v) is 7.56. The molecule has 1 aliphatic rings. The Hall–Kier alpha value is -3.93. The lowest BCUT2D eigenvalue weighted by Gasteiger charge is -2.07. The van der Waals surface area contributed by atoms with Crippen molar-refractivity contribution >= 4 is 23.2 Å². The van der Waals surface area contributed by atoms with Gasteiger partial charge in [-0.05, 0) is 32.8 Å². The van der Waals surface area contributed by atoms with Crippen molar-refractivity contribution in [2.75, 3.05) is 18.5 Å². The van der Waals surface area contributed by atoms with E-state index in [-0.39, 0.29) is 6.04 Å². The maximum atomic E-state index is 9.70. The van der Waals surface area contributed by atoms with Crippen LogP contribution < -0.4 is 10.6 Å². The summed E-state index contributed by atoms with van der Waals surface area (Å²) in [6, 6.07) is 3.77. The number of anilines is 2. The van der Waals surface area contributed by atoms with Gasteiger partial charge in [0.25, 0.3) is 0 Å². The van der Waals surface area contributed by atoms with Gasteiger partial charge in [0.2, 0.25) is 0 Å². The van der Waals surface area contributed by atoms with Gasteiger partial charge in [0, 0.05) is 44.1 Å². The summed E-state index contributed by atoms with van der Waals surface area (Å²) in [5.41, 5.74) is 2.61. The Kier molecular flexibility index (Phi) is 8.36. The molecule has 0 spiro atoms. The number of amides is 1. The van der Waals surface area contributed by atoms with Gasteiger partial charge in [0.05, 0.1) is 30.5 Å². The normalized spacial score (nSPS) is 12.6. The Balaban J connectivity index is 0.000000211. The third kappa shape index (κ3) is 7.31. The molecule has 5 heterocycles. The van der Waals surface area contributed by atoms with Crippen LogP contribution in [-0.4, -0.2) is 65.0 Å². The standard InChI is InChI=1S/C13H12N8.C4H9NO2.C4H8O/c1-20-7-9(6-16-20)10-8-21-11(2-5-15-21)13(17-10)18-12-3-4-14-19-12;1-3(2)5-4(6)7;1-2-4-5-3-1/h2-8H,1H3,(H2,14,17,18,19);3,5H,1-2H3,(H,6,7);1-4H2. The van der Waals surface area contributed by atoms with E-state index in [1.165, 1.54) is 12.8 Å². The number of fused-ring (bicyclic) bond motifs is 1. The van der Waals surface area contributed by atoms with Crippen LogP contribution in [0.3, 0.4) is 0 Å². The molecule has 176 valence electrons. The summed E-state index contributed by atoms with van der Waals surface area (Å²) in [7, 11) is 1.87. The summed E-state index contributed by atoms with van der Waals surface area (Å²) in [6.07, 6.45) is 10.6. The second kappa shape index (κ2) is 11.6.